The third-order valence-electron chi connectivity index (χ3n) is 1.66. The van der Waals surface area contributed by atoms with E-state index < -0.39 is 11.6 Å². The molecule has 0 aliphatic heterocycles. The second-order valence-corrected chi connectivity index (χ2v) is 4.52. The molecule has 13 heavy (non-hydrogen) atoms. The van der Waals surface area contributed by atoms with E-state index in [1.807, 2.05) is 20.8 Å². The van der Waals surface area contributed by atoms with Gasteiger partial charge in [-0.25, -0.2) is 8.78 Å². The Kier molecular flexibility index (Phi) is 2.69. The molecule has 0 nitrogen and oxygen atoms in total. The number of hydrogen-bond acceptors (Lipinski definition) is 0. The van der Waals surface area contributed by atoms with Crippen LogP contribution in [0.1, 0.15) is 26.3 Å². The van der Waals surface area contributed by atoms with Crippen LogP contribution < -0.4 is 0 Å². The van der Waals surface area contributed by atoms with Crippen molar-refractivity contribution < 1.29 is 8.78 Å². The third kappa shape index (κ3) is 3.53. The minimum absolute atomic E-state index is 0.0558. The second kappa shape index (κ2) is 3.44. The Balaban J connectivity index is 2.90. The van der Waals surface area contributed by atoms with Gasteiger partial charge in [0.2, 0.25) is 0 Å². The molecule has 0 unspecified atom stereocenters. The maximum Gasteiger partial charge on any atom is 0.126 e. The molecule has 0 aromatic heterocycles. The number of hydrogen-bond donors (Lipinski definition) is 0. The maximum absolute atomic E-state index is 12.8. The van der Waals surface area contributed by atoms with Gasteiger partial charge in [-0.05, 0) is 29.5 Å². The van der Waals surface area contributed by atoms with Gasteiger partial charge in [-0.15, -0.1) is 0 Å². The summed E-state index contributed by atoms with van der Waals surface area (Å²) in [6.07, 6.45) is 0.682. The quantitative estimate of drug-likeness (QED) is 0.626. The molecule has 0 aliphatic rings. The zero-order chi connectivity index (χ0) is 10.1. The maximum atomic E-state index is 12.8. The van der Waals surface area contributed by atoms with Crippen LogP contribution in [0.2, 0.25) is 0 Å². The average Bonchev–Trinajstić information content (AvgIpc) is 1.78. The molecule has 72 valence electrons. The molecule has 0 N–H and O–H groups in total. The van der Waals surface area contributed by atoms with E-state index in [4.69, 9.17) is 0 Å². The summed E-state index contributed by atoms with van der Waals surface area (Å²) < 4.78 is 25.5. The van der Waals surface area contributed by atoms with E-state index >= 15 is 0 Å². The van der Waals surface area contributed by atoms with E-state index in [1.54, 1.807) is 0 Å². The van der Waals surface area contributed by atoms with Gasteiger partial charge in [0.25, 0.3) is 0 Å². The van der Waals surface area contributed by atoms with Crippen LogP contribution in [-0.4, -0.2) is 0 Å². The summed E-state index contributed by atoms with van der Waals surface area (Å²) in [6, 6.07) is 3.66. The fourth-order valence-corrected chi connectivity index (χ4v) is 1.33. The molecule has 0 atom stereocenters. The van der Waals surface area contributed by atoms with Crippen LogP contribution in [0, 0.1) is 17.0 Å². The van der Waals surface area contributed by atoms with E-state index in [0.29, 0.717) is 12.0 Å². The van der Waals surface area contributed by atoms with Crippen LogP contribution in [0.25, 0.3) is 0 Å². The Labute approximate surface area is 77.6 Å². The monoisotopic (exact) mass is 184 g/mol. The lowest BCUT2D eigenvalue weighted by Gasteiger charge is -2.17. The van der Waals surface area contributed by atoms with Crippen LogP contribution in [-0.2, 0) is 6.42 Å². The van der Waals surface area contributed by atoms with Gasteiger partial charge in [0.15, 0.2) is 0 Å². The SMILES string of the molecule is CC(C)(C)Cc1cc(F)cc(F)c1. The summed E-state index contributed by atoms with van der Waals surface area (Å²) in [5.74, 6) is -1.00. The molecule has 0 bridgehead atoms. The molecule has 2 heteroatoms. The minimum Gasteiger partial charge on any atom is -0.207 e. The number of rotatable bonds is 1. The standard InChI is InChI=1S/C11H14F2/c1-11(2,3)7-8-4-9(12)6-10(13)5-8/h4-6H,7H2,1-3H3. The van der Waals surface area contributed by atoms with Crippen LogP contribution >= 0.6 is 0 Å². The smallest absolute Gasteiger partial charge is 0.126 e. The van der Waals surface area contributed by atoms with E-state index in [-0.39, 0.29) is 5.41 Å². The number of benzene rings is 1. The van der Waals surface area contributed by atoms with Gasteiger partial charge in [0.1, 0.15) is 11.6 Å². The topological polar surface area (TPSA) is 0 Å². The molecule has 0 saturated carbocycles. The third-order valence-corrected chi connectivity index (χ3v) is 1.66. The molecule has 0 heterocycles. The van der Waals surface area contributed by atoms with Crippen molar-refractivity contribution in [2.75, 3.05) is 0 Å². The summed E-state index contributed by atoms with van der Waals surface area (Å²) in [7, 11) is 0. The van der Waals surface area contributed by atoms with E-state index in [2.05, 4.69) is 0 Å². The molecule has 1 aromatic rings. The van der Waals surface area contributed by atoms with Gasteiger partial charge in [-0.1, -0.05) is 20.8 Å². The Morgan fingerprint density at radius 1 is 1.00 bits per heavy atom. The zero-order valence-corrected chi connectivity index (χ0v) is 8.20. The first-order valence-corrected chi connectivity index (χ1v) is 4.32. The lowest BCUT2D eigenvalue weighted by molar-refractivity contribution is 0.409. The molecule has 1 aromatic carbocycles. The summed E-state index contributed by atoms with van der Waals surface area (Å²) in [6.45, 7) is 6.11. The van der Waals surface area contributed by atoms with Crippen molar-refractivity contribution in [3.8, 4) is 0 Å². The highest BCUT2D eigenvalue weighted by Gasteiger charge is 2.12. The molecule has 0 aliphatic carbocycles. The fourth-order valence-electron chi connectivity index (χ4n) is 1.33. The van der Waals surface area contributed by atoms with Gasteiger partial charge in [0, 0.05) is 6.07 Å². The molecule has 0 radical (unpaired) electrons. The summed E-state index contributed by atoms with van der Waals surface area (Å²) in [4.78, 5) is 0. The van der Waals surface area contributed by atoms with Gasteiger partial charge in [-0.2, -0.15) is 0 Å². The van der Waals surface area contributed by atoms with Gasteiger partial charge >= 0.3 is 0 Å². The first-order chi connectivity index (χ1) is 5.87. The molecule has 0 saturated heterocycles. The molecule has 1 rings (SSSR count). The summed E-state index contributed by atoms with van der Waals surface area (Å²) in [5, 5.41) is 0. The van der Waals surface area contributed by atoms with Crippen LogP contribution in [0.5, 0.6) is 0 Å². The largest absolute Gasteiger partial charge is 0.207 e. The second-order valence-electron chi connectivity index (χ2n) is 4.52. The van der Waals surface area contributed by atoms with Crippen molar-refractivity contribution in [2.45, 2.75) is 27.2 Å². The highest BCUT2D eigenvalue weighted by molar-refractivity contribution is 5.18. The summed E-state index contributed by atoms with van der Waals surface area (Å²) >= 11 is 0. The zero-order valence-electron chi connectivity index (χ0n) is 8.20. The Hall–Kier alpha value is -0.920. The van der Waals surface area contributed by atoms with Crippen LogP contribution in [0.3, 0.4) is 0 Å². The molecule has 0 fully saturated rings. The van der Waals surface area contributed by atoms with Crippen molar-refractivity contribution >= 4 is 0 Å². The van der Waals surface area contributed by atoms with Crippen molar-refractivity contribution in [3.63, 3.8) is 0 Å². The Morgan fingerprint density at radius 3 is 1.85 bits per heavy atom. The molecule has 0 spiro atoms. The Bertz CT molecular complexity index is 277. The van der Waals surface area contributed by atoms with Crippen molar-refractivity contribution in [3.05, 3.63) is 35.4 Å². The predicted octanol–water partition coefficient (Wildman–Crippen LogP) is 3.55. The highest BCUT2D eigenvalue weighted by Crippen LogP contribution is 2.21. The van der Waals surface area contributed by atoms with E-state index in [9.17, 15) is 8.78 Å². The molecular weight excluding hydrogens is 170 g/mol. The minimum atomic E-state index is -0.501. The normalized spacial score (nSPS) is 11.8. The lowest BCUT2D eigenvalue weighted by atomic mass is 9.88. The predicted molar refractivity (Wildman–Crippen MR) is 49.5 cm³/mol. The first kappa shape index (κ1) is 10.2. The fraction of sp³-hybridized carbons (Fsp3) is 0.455. The van der Waals surface area contributed by atoms with Crippen LogP contribution in [0.4, 0.5) is 8.78 Å². The summed E-state index contributed by atoms with van der Waals surface area (Å²) in [5.41, 5.74) is 0.769. The lowest BCUT2D eigenvalue weighted by Crippen LogP contribution is -2.09. The molecular formula is C11H14F2. The van der Waals surface area contributed by atoms with E-state index in [1.165, 1.54) is 12.1 Å². The molecule has 0 amide bonds. The van der Waals surface area contributed by atoms with Gasteiger partial charge < -0.3 is 0 Å². The van der Waals surface area contributed by atoms with Crippen molar-refractivity contribution in [1.82, 2.24) is 0 Å². The van der Waals surface area contributed by atoms with Gasteiger partial charge in [-0.3, -0.25) is 0 Å². The van der Waals surface area contributed by atoms with Gasteiger partial charge in [0.05, 0.1) is 0 Å². The van der Waals surface area contributed by atoms with Crippen molar-refractivity contribution in [2.24, 2.45) is 5.41 Å². The highest BCUT2D eigenvalue weighted by atomic mass is 19.1. The van der Waals surface area contributed by atoms with Crippen molar-refractivity contribution in [1.29, 1.82) is 0 Å². The average molecular weight is 184 g/mol. The first-order valence-electron chi connectivity index (χ1n) is 4.32. The Morgan fingerprint density at radius 2 is 1.46 bits per heavy atom. The van der Waals surface area contributed by atoms with E-state index in [0.717, 1.165) is 6.07 Å². The number of halogens is 2. The van der Waals surface area contributed by atoms with Crippen LogP contribution in [0.15, 0.2) is 18.2 Å².